The predicted molar refractivity (Wildman–Crippen MR) is 143 cm³/mol. The zero-order chi connectivity index (χ0) is 24.8. The number of carbonyl (C=O) groups is 1. The fourth-order valence-electron chi connectivity index (χ4n) is 3.34. The van der Waals surface area contributed by atoms with Gasteiger partial charge in [0.25, 0.3) is 0 Å². The van der Waals surface area contributed by atoms with Gasteiger partial charge in [0.05, 0.1) is 0 Å². The Bertz CT molecular complexity index is 1360. The van der Waals surface area contributed by atoms with Gasteiger partial charge in [0.1, 0.15) is 17.3 Å². The first kappa shape index (κ1) is 25.0. The molecule has 1 aromatic heterocycles. The predicted octanol–water partition coefficient (Wildman–Crippen LogP) is 7.18. The largest absolute Gasteiger partial charge is 0.488 e. The number of ether oxygens (including phenoxy) is 1. The van der Waals surface area contributed by atoms with E-state index in [4.69, 9.17) is 16.3 Å². The number of carboxylic acids is 1. The van der Waals surface area contributed by atoms with Crippen LogP contribution in [-0.2, 0) is 17.9 Å². The molecule has 178 valence electrons. The van der Waals surface area contributed by atoms with Crippen LogP contribution in [0, 0.1) is 0 Å². The standard InChI is InChI=1S/C26H21BrClN3O3S/c1-2-31-24(18-8-11-21(28)12-9-18)29-30-26(31)35-23(25(32)33)15-19-14-20(27)10-13-22(19)34-16-17-6-4-3-5-7-17/h3-15H,2,16H2,1H3,(H,32,33)/b23-15-. The highest BCUT2D eigenvalue weighted by atomic mass is 79.9. The molecular formula is C26H21BrClN3O3S. The van der Waals surface area contributed by atoms with Crippen LogP contribution >= 0.6 is 39.3 Å². The number of hydrogen-bond donors (Lipinski definition) is 1. The molecule has 0 radical (unpaired) electrons. The first-order valence-electron chi connectivity index (χ1n) is 10.7. The maximum atomic E-state index is 12.2. The number of thioether (sulfide) groups is 1. The Balaban J connectivity index is 1.64. The highest BCUT2D eigenvalue weighted by molar-refractivity contribution is 9.10. The highest BCUT2D eigenvalue weighted by Crippen LogP contribution is 2.33. The summed E-state index contributed by atoms with van der Waals surface area (Å²) >= 11 is 10.5. The Morgan fingerprint density at radius 1 is 1.11 bits per heavy atom. The zero-order valence-corrected chi connectivity index (χ0v) is 21.8. The summed E-state index contributed by atoms with van der Waals surface area (Å²) < 4.78 is 8.70. The van der Waals surface area contributed by atoms with Gasteiger partial charge in [-0.15, -0.1) is 10.2 Å². The van der Waals surface area contributed by atoms with Crippen LogP contribution in [0.4, 0.5) is 0 Å². The Kier molecular flexibility index (Phi) is 8.28. The molecule has 0 atom stereocenters. The van der Waals surface area contributed by atoms with Gasteiger partial charge in [-0.05, 0) is 72.8 Å². The van der Waals surface area contributed by atoms with Crippen LogP contribution in [0.3, 0.4) is 0 Å². The molecule has 1 heterocycles. The van der Waals surface area contributed by atoms with Crippen molar-refractivity contribution in [2.24, 2.45) is 0 Å². The molecule has 1 N–H and O–H groups in total. The van der Waals surface area contributed by atoms with Crippen molar-refractivity contribution in [3.05, 3.63) is 98.3 Å². The number of carboxylic acid groups (broad SMARTS) is 1. The van der Waals surface area contributed by atoms with E-state index in [1.165, 1.54) is 0 Å². The number of aromatic nitrogens is 3. The Morgan fingerprint density at radius 2 is 1.86 bits per heavy atom. The second kappa shape index (κ2) is 11.6. The molecule has 3 aromatic carbocycles. The first-order valence-corrected chi connectivity index (χ1v) is 12.7. The van der Waals surface area contributed by atoms with Gasteiger partial charge in [0.15, 0.2) is 11.0 Å². The van der Waals surface area contributed by atoms with Crippen molar-refractivity contribution in [3.8, 4) is 17.1 Å². The lowest BCUT2D eigenvalue weighted by Gasteiger charge is -2.11. The first-order chi connectivity index (χ1) is 16.9. The van der Waals surface area contributed by atoms with E-state index in [0.29, 0.717) is 40.5 Å². The fourth-order valence-corrected chi connectivity index (χ4v) is 4.72. The number of benzene rings is 3. The maximum absolute atomic E-state index is 12.2. The number of rotatable bonds is 9. The Morgan fingerprint density at radius 3 is 2.54 bits per heavy atom. The van der Waals surface area contributed by atoms with Crippen LogP contribution < -0.4 is 4.74 Å². The van der Waals surface area contributed by atoms with Crippen LogP contribution in [0.2, 0.25) is 5.02 Å². The van der Waals surface area contributed by atoms with E-state index in [2.05, 4.69) is 26.1 Å². The third kappa shape index (κ3) is 6.33. The van der Waals surface area contributed by atoms with E-state index in [9.17, 15) is 9.90 Å². The summed E-state index contributed by atoms with van der Waals surface area (Å²) in [5.74, 6) is 0.156. The molecule has 0 bridgehead atoms. The average molecular weight is 571 g/mol. The lowest BCUT2D eigenvalue weighted by molar-refractivity contribution is -0.131. The smallest absolute Gasteiger partial charge is 0.342 e. The second-order valence-electron chi connectivity index (χ2n) is 7.43. The molecule has 0 aliphatic carbocycles. The van der Waals surface area contributed by atoms with Crippen LogP contribution in [-0.4, -0.2) is 25.8 Å². The molecule has 0 saturated heterocycles. The minimum Gasteiger partial charge on any atom is -0.488 e. The SMILES string of the molecule is CCn1c(S/C(=C\c2cc(Br)ccc2OCc2ccccc2)C(=O)O)nnc1-c1ccc(Cl)cc1. The normalized spacial score (nSPS) is 11.5. The quantitative estimate of drug-likeness (QED) is 0.170. The van der Waals surface area contributed by atoms with Gasteiger partial charge in [-0.3, -0.25) is 0 Å². The lowest BCUT2D eigenvalue weighted by Crippen LogP contribution is -2.03. The van der Waals surface area contributed by atoms with E-state index >= 15 is 0 Å². The maximum Gasteiger partial charge on any atom is 0.342 e. The molecule has 0 unspecified atom stereocenters. The summed E-state index contributed by atoms with van der Waals surface area (Å²) in [6.45, 7) is 2.90. The molecule has 4 rings (SSSR count). The molecule has 0 aliphatic rings. The molecule has 0 aliphatic heterocycles. The number of nitrogens with zero attached hydrogens (tertiary/aromatic N) is 3. The molecule has 35 heavy (non-hydrogen) atoms. The average Bonchev–Trinajstić information content (AvgIpc) is 3.26. The van der Waals surface area contributed by atoms with Gasteiger partial charge in [-0.2, -0.15) is 0 Å². The summed E-state index contributed by atoms with van der Waals surface area (Å²) in [6.07, 6.45) is 1.59. The van der Waals surface area contributed by atoms with Gasteiger partial charge >= 0.3 is 5.97 Å². The minimum absolute atomic E-state index is 0.0948. The molecule has 0 fully saturated rings. The molecule has 0 spiro atoms. The molecule has 4 aromatic rings. The summed E-state index contributed by atoms with van der Waals surface area (Å²) in [4.78, 5) is 12.3. The van der Waals surface area contributed by atoms with Crippen molar-refractivity contribution in [3.63, 3.8) is 0 Å². The van der Waals surface area contributed by atoms with E-state index in [1.54, 1.807) is 18.2 Å². The van der Waals surface area contributed by atoms with Crippen molar-refractivity contribution in [1.29, 1.82) is 0 Å². The summed E-state index contributed by atoms with van der Waals surface area (Å²) in [7, 11) is 0. The lowest BCUT2D eigenvalue weighted by atomic mass is 10.2. The van der Waals surface area contributed by atoms with Crippen molar-refractivity contribution in [1.82, 2.24) is 14.8 Å². The molecule has 0 amide bonds. The third-order valence-electron chi connectivity index (χ3n) is 5.04. The van der Waals surface area contributed by atoms with E-state index < -0.39 is 5.97 Å². The number of aliphatic carboxylic acids is 1. The van der Waals surface area contributed by atoms with Gasteiger partial charge in [-0.25, -0.2) is 4.79 Å². The topological polar surface area (TPSA) is 77.2 Å². The molecule has 6 nitrogen and oxygen atoms in total. The van der Waals surface area contributed by atoms with Gasteiger partial charge in [0, 0.05) is 27.2 Å². The van der Waals surface area contributed by atoms with Crippen LogP contribution in [0.5, 0.6) is 5.75 Å². The zero-order valence-electron chi connectivity index (χ0n) is 18.7. The van der Waals surface area contributed by atoms with Gasteiger partial charge in [-0.1, -0.05) is 57.9 Å². The summed E-state index contributed by atoms with van der Waals surface area (Å²) in [6, 6.07) is 22.6. The Hall–Kier alpha value is -3.07. The minimum atomic E-state index is -1.07. The molecule has 9 heteroatoms. The van der Waals surface area contributed by atoms with E-state index in [1.807, 2.05) is 72.2 Å². The fraction of sp³-hybridized carbons (Fsp3) is 0.115. The van der Waals surface area contributed by atoms with E-state index in [-0.39, 0.29) is 4.91 Å². The second-order valence-corrected chi connectivity index (χ2v) is 9.79. The summed E-state index contributed by atoms with van der Waals surface area (Å²) in [5, 5.41) is 19.6. The van der Waals surface area contributed by atoms with Crippen molar-refractivity contribution in [2.45, 2.75) is 25.2 Å². The van der Waals surface area contributed by atoms with Crippen LogP contribution in [0.25, 0.3) is 17.5 Å². The number of halogens is 2. The van der Waals surface area contributed by atoms with Gasteiger partial charge in [0.2, 0.25) is 0 Å². The van der Waals surface area contributed by atoms with Crippen LogP contribution in [0.15, 0.2) is 87.3 Å². The monoisotopic (exact) mass is 569 g/mol. The van der Waals surface area contributed by atoms with Gasteiger partial charge < -0.3 is 14.4 Å². The highest BCUT2D eigenvalue weighted by Gasteiger charge is 2.19. The number of hydrogen-bond acceptors (Lipinski definition) is 5. The van der Waals surface area contributed by atoms with Crippen molar-refractivity contribution < 1.29 is 14.6 Å². The van der Waals surface area contributed by atoms with Crippen molar-refractivity contribution >= 4 is 51.3 Å². The third-order valence-corrected chi connectivity index (χ3v) is 6.79. The molecular weight excluding hydrogens is 550 g/mol. The van der Waals surface area contributed by atoms with Crippen molar-refractivity contribution in [2.75, 3.05) is 0 Å². The van der Waals surface area contributed by atoms with E-state index in [0.717, 1.165) is 27.4 Å². The molecule has 0 saturated carbocycles. The van der Waals surface area contributed by atoms with Crippen LogP contribution in [0.1, 0.15) is 18.1 Å². The summed E-state index contributed by atoms with van der Waals surface area (Å²) in [5.41, 5.74) is 2.50. The Labute approximate surface area is 220 Å².